The van der Waals surface area contributed by atoms with Crippen LogP contribution in [0.2, 0.25) is 0 Å². The van der Waals surface area contributed by atoms with Gasteiger partial charge in [0.05, 0.1) is 4.88 Å². The average Bonchev–Trinajstić information content (AvgIpc) is 3.43. The zero-order valence-corrected chi connectivity index (χ0v) is 17.0. The first-order chi connectivity index (χ1) is 15.1. The van der Waals surface area contributed by atoms with E-state index in [1.54, 1.807) is 48.5 Å². The molecule has 0 bridgehead atoms. The second-order valence-corrected chi connectivity index (χ2v) is 8.05. The fourth-order valence-electron chi connectivity index (χ4n) is 3.61. The van der Waals surface area contributed by atoms with Crippen molar-refractivity contribution in [1.29, 1.82) is 0 Å². The second kappa shape index (κ2) is 7.66. The topological polar surface area (TPSA) is 75.3 Å². The van der Waals surface area contributed by atoms with Gasteiger partial charge in [-0.1, -0.05) is 36.4 Å². The molecule has 0 radical (unpaired) electrons. The van der Waals surface area contributed by atoms with Gasteiger partial charge in [0, 0.05) is 28.1 Å². The van der Waals surface area contributed by atoms with Gasteiger partial charge in [0.1, 0.15) is 0 Å². The summed E-state index contributed by atoms with van der Waals surface area (Å²) < 4.78 is 0. The lowest BCUT2D eigenvalue weighted by atomic mass is 10.0. The molecule has 0 saturated carbocycles. The van der Waals surface area contributed by atoms with Gasteiger partial charge in [-0.15, -0.1) is 11.3 Å². The smallest absolute Gasteiger partial charge is 0.265 e. The van der Waals surface area contributed by atoms with Gasteiger partial charge < -0.3 is 10.6 Å². The van der Waals surface area contributed by atoms with Crippen LogP contribution in [0.5, 0.6) is 0 Å². The maximum atomic E-state index is 12.7. The van der Waals surface area contributed by atoms with E-state index >= 15 is 0 Å². The lowest BCUT2D eigenvalue weighted by Crippen LogP contribution is -2.13. The highest BCUT2D eigenvalue weighted by molar-refractivity contribution is 7.12. The summed E-state index contributed by atoms with van der Waals surface area (Å²) in [5, 5.41) is 7.50. The molecule has 5 rings (SSSR count). The van der Waals surface area contributed by atoms with Crippen molar-refractivity contribution in [2.24, 2.45) is 0 Å². The van der Waals surface area contributed by atoms with Gasteiger partial charge in [-0.3, -0.25) is 14.4 Å². The molecule has 0 atom stereocenters. The molecule has 2 amide bonds. The van der Waals surface area contributed by atoms with E-state index < -0.39 is 0 Å². The number of hydrogen-bond acceptors (Lipinski definition) is 4. The number of amides is 2. The summed E-state index contributed by atoms with van der Waals surface area (Å²) in [5.41, 5.74) is 4.59. The highest BCUT2D eigenvalue weighted by Gasteiger charge is 2.27. The van der Waals surface area contributed by atoms with Crippen LogP contribution in [0.25, 0.3) is 11.1 Å². The molecule has 1 aromatic heterocycles. The molecular weight excluding hydrogens is 408 g/mol. The number of carbonyl (C=O) groups excluding carboxylic acids is 3. The van der Waals surface area contributed by atoms with Gasteiger partial charge in [-0.2, -0.15) is 0 Å². The van der Waals surface area contributed by atoms with Crippen molar-refractivity contribution in [3.8, 4) is 11.1 Å². The number of thiophene rings is 1. The molecule has 31 heavy (non-hydrogen) atoms. The van der Waals surface area contributed by atoms with Crippen molar-refractivity contribution in [2.45, 2.75) is 0 Å². The molecule has 3 aromatic carbocycles. The summed E-state index contributed by atoms with van der Waals surface area (Å²) in [5.74, 6) is -0.538. The third kappa shape index (κ3) is 3.53. The first-order valence-corrected chi connectivity index (χ1v) is 10.5. The van der Waals surface area contributed by atoms with Gasteiger partial charge in [-0.25, -0.2) is 0 Å². The number of nitrogens with one attached hydrogen (secondary N) is 2. The van der Waals surface area contributed by atoms with Crippen LogP contribution in [-0.2, 0) is 0 Å². The van der Waals surface area contributed by atoms with Crippen molar-refractivity contribution < 1.29 is 14.4 Å². The summed E-state index contributed by atoms with van der Waals surface area (Å²) in [7, 11) is 0. The average molecular weight is 424 g/mol. The van der Waals surface area contributed by atoms with Crippen molar-refractivity contribution >= 4 is 40.3 Å². The van der Waals surface area contributed by atoms with Crippen LogP contribution in [0.3, 0.4) is 0 Å². The van der Waals surface area contributed by atoms with Crippen molar-refractivity contribution in [3.63, 3.8) is 0 Å². The molecule has 0 aliphatic heterocycles. The minimum atomic E-state index is -0.304. The van der Waals surface area contributed by atoms with Crippen LogP contribution in [0.15, 0.2) is 84.2 Å². The van der Waals surface area contributed by atoms with Crippen molar-refractivity contribution in [1.82, 2.24) is 0 Å². The Bertz CT molecular complexity index is 1330. The van der Waals surface area contributed by atoms with Crippen LogP contribution in [0, 0.1) is 0 Å². The maximum absolute atomic E-state index is 12.7. The van der Waals surface area contributed by atoms with E-state index in [-0.39, 0.29) is 17.6 Å². The van der Waals surface area contributed by atoms with Gasteiger partial charge in [0.25, 0.3) is 11.8 Å². The number of hydrogen-bond donors (Lipinski definition) is 2. The molecule has 150 valence electrons. The minimum absolute atomic E-state index is 0.0638. The lowest BCUT2D eigenvalue weighted by molar-refractivity contribution is 0.101. The van der Waals surface area contributed by atoms with Gasteiger partial charge in [0.15, 0.2) is 5.78 Å². The molecule has 4 aromatic rings. The van der Waals surface area contributed by atoms with E-state index in [0.29, 0.717) is 32.9 Å². The first kappa shape index (κ1) is 19.0. The molecule has 6 heteroatoms. The molecule has 1 aliphatic carbocycles. The largest absolute Gasteiger partial charge is 0.322 e. The summed E-state index contributed by atoms with van der Waals surface area (Å²) in [6.07, 6.45) is 0. The number of ketones is 1. The van der Waals surface area contributed by atoms with E-state index in [9.17, 15) is 14.4 Å². The monoisotopic (exact) mass is 424 g/mol. The van der Waals surface area contributed by atoms with Gasteiger partial charge in [-0.05, 0) is 59.0 Å². The van der Waals surface area contributed by atoms with Crippen LogP contribution in [0.1, 0.15) is 36.0 Å². The summed E-state index contributed by atoms with van der Waals surface area (Å²) in [6, 6.07) is 23.1. The molecule has 1 aliphatic rings. The van der Waals surface area contributed by atoms with Crippen molar-refractivity contribution in [2.75, 3.05) is 10.6 Å². The summed E-state index contributed by atoms with van der Waals surface area (Å²) >= 11 is 1.37. The number of benzene rings is 3. The number of anilines is 2. The zero-order chi connectivity index (χ0) is 21.4. The Morgan fingerprint density at radius 3 is 1.97 bits per heavy atom. The van der Waals surface area contributed by atoms with E-state index in [1.165, 1.54) is 11.3 Å². The second-order valence-electron chi connectivity index (χ2n) is 7.10. The molecular formula is C25H16N2O3S. The summed E-state index contributed by atoms with van der Waals surface area (Å²) in [4.78, 5) is 38.1. The normalized spacial score (nSPS) is 11.5. The number of rotatable bonds is 4. The molecule has 1 heterocycles. The lowest BCUT2D eigenvalue weighted by Gasteiger charge is -2.08. The Hall–Kier alpha value is -4.03. The molecule has 0 unspecified atom stereocenters. The van der Waals surface area contributed by atoms with Crippen LogP contribution in [-0.4, -0.2) is 17.6 Å². The van der Waals surface area contributed by atoms with E-state index in [1.807, 2.05) is 35.7 Å². The van der Waals surface area contributed by atoms with Crippen LogP contribution in [0.4, 0.5) is 11.4 Å². The summed E-state index contributed by atoms with van der Waals surface area (Å²) in [6.45, 7) is 0. The Balaban J connectivity index is 1.30. The van der Waals surface area contributed by atoms with Crippen molar-refractivity contribution in [3.05, 3.63) is 106 Å². The Labute approximate surface area is 182 Å². The molecule has 2 N–H and O–H groups in total. The predicted octanol–water partition coefficient (Wildman–Crippen LogP) is 5.46. The standard InChI is InChI=1S/C25H16N2O3S/c28-23-20-5-2-1-4-18(20)19-12-7-15(14-21(19)23)24(29)26-16-8-10-17(11-9-16)27-25(30)22-6-3-13-31-22/h1-14H,(H,26,29)(H,27,30). The number of fused-ring (bicyclic) bond motifs is 3. The third-order valence-corrected chi connectivity index (χ3v) is 6.00. The van der Waals surface area contributed by atoms with Gasteiger partial charge in [0.2, 0.25) is 0 Å². The fourth-order valence-corrected chi connectivity index (χ4v) is 4.23. The van der Waals surface area contributed by atoms with Crippen LogP contribution < -0.4 is 10.6 Å². The minimum Gasteiger partial charge on any atom is -0.322 e. The molecule has 0 spiro atoms. The zero-order valence-electron chi connectivity index (χ0n) is 16.2. The van der Waals surface area contributed by atoms with E-state index in [4.69, 9.17) is 0 Å². The van der Waals surface area contributed by atoms with Crippen LogP contribution >= 0.6 is 11.3 Å². The molecule has 5 nitrogen and oxygen atoms in total. The Kier molecular flexibility index (Phi) is 4.69. The maximum Gasteiger partial charge on any atom is 0.265 e. The third-order valence-electron chi connectivity index (χ3n) is 5.13. The highest BCUT2D eigenvalue weighted by atomic mass is 32.1. The Morgan fingerprint density at radius 2 is 1.29 bits per heavy atom. The first-order valence-electron chi connectivity index (χ1n) is 9.64. The quantitative estimate of drug-likeness (QED) is 0.402. The molecule has 0 saturated heterocycles. The highest BCUT2D eigenvalue weighted by Crippen LogP contribution is 2.36. The fraction of sp³-hybridized carbons (Fsp3) is 0. The number of carbonyl (C=O) groups is 3. The van der Waals surface area contributed by atoms with Gasteiger partial charge >= 0.3 is 0 Å². The van der Waals surface area contributed by atoms with E-state index in [0.717, 1.165) is 11.1 Å². The Morgan fingerprint density at radius 1 is 0.645 bits per heavy atom. The SMILES string of the molecule is O=C(Nc1ccc(NC(=O)c2cccs2)cc1)c1ccc2c(c1)C(=O)c1ccccc1-2. The molecule has 0 fully saturated rings. The van der Waals surface area contributed by atoms with E-state index in [2.05, 4.69) is 10.6 Å². The predicted molar refractivity (Wildman–Crippen MR) is 122 cm³/mol.